The molecule has 0 unspecified atom stereocenters. The summed E-state index contributed by atoms with van der Waals surface area (Å²) in [5, 5.41) is 6.74. The van der Waals surface area contributed by atoms with Gasteiger partial charge in [-0.15, -0.1) is 24.0 Å². The highest BCUT2D eigenvalue weighted by atomic mass is 127. The van der Waals surface area contributed by atoms with E-state index < -0.39 is 9.84 Å². The van der Waals surface area contributed by atoms with Crippen molar-refractivity contribution >= 4 is 39.8 Å². The second-order valence-electron chi connectivity index (χ2n) is 8.24. The fourth-order valence-corrected chi connectivity index (χ4v) is 4.42. The Labute approximate surface area is 188 Å². The molecule has 28 heavy (non-hydrogen) atoms. The standard InChI is InChI=1S/C21H35N3O2S.HI/c1-5-22-20(24-16-21(12-6-13-21)15-17(2)3)23-14-11-18-7-9-19(10-8-18)27(4,25)26;/h7-10,17H,5-6,11-16H2,1-4H3,(H2,22,23,24);1H. The Morgan fingerprint density at radius 3 is 2.29 bits per heavy atom. The van der Waals surface area contributed by atoms with Crippen molar-refractivity contribution in [1.29, 1.82) is 0 Å². The minimum absolute atomic E-state index is 0. The Balaban J connectivity index is 0.00000392. The van der Waals surface area contributed by atoms with Crippen molar-refractivity contribution in [3.63, 3.8) is 0 Å². The van der Waals surface area contributed by atoms with Crippen LogP contribution < -0.4 is 10.6 Å². The zero-order valence-corrected chi connectivity index (χ0v) is 20.8. The van der Waals surface area contributed by atoms with Crippen molar-refractivity contribution in [3.05, 3.63) is 29.8 Å². The number of halogens is 1. The number of nitrogens with zero attached hydrogens (tertiary/aromatic N) is 1. The van der Waals surface area contributed by atoms with Gasteiger partial charge in [0, 0.05) is 25.9 Å². The second-order valence-corrected chi connectivity index (χ2v) is 10.3. The summed E-state index contributed by atoms with van der Waals surface area (Å²) in [6.45, 7) is 9.16. The molecule has 1 fully saturated rings. The van der Waals surface area contributed by atoms with Crippen molar-refractivity contribution in [2.24, 2.45) is 16.3 Å². The monoisotopic (exact) mass is 521 g/mol. The van der Waals surface area contributed by atoms with Crippen LogP contribution in [-0.4, -0.2) is 40.3 Å². The third-order valence-electron chi connectivity index (χ3n) is 5.23. The highest BCUT2D eigenvalue weighted by Crippen LogP contribution is 2.46. The number of hydrogen-bond acceptors (Lipinski definition) is 3. The Morgan fingerprint density at radius 1 is 1.18 bits per heavy atom. The zero-order valence-electron chi connectivity index (χ0n) is 17.6. The first-order valence-electron chi connectivity index (χ1n) is 10.1. The van der Waals surface area contributed by atoms with Crippen LogP contribution >= 0.6 is 24.0 Å². The average Bonchev–Trinajstić information content (AvgIpc) is 2.56. The Bertz CT molecular complexity index is 727. The van der Waals surface area contributed by atoms with E-state index in [4.69, 9.17) is 4.99 Å². The van der Waals surface area contributed by atoms with E-state index in [2.05, 4.69) is 31.4 Å². The van der Waals surface area contributed by atoms with Crippen LogP contribution in [0.1, 0.15) is 52.0 Å². The van der Waals surface area contributed by atoms with Crippen molar-refractivity contribution in [1.82, 2.24) is 10.6 Å². The first-order chi connectivity index (χ1) is 12.7. The molecule has 0 spiro atoms. The van der Waals surface area contributed by atoms with Gasteiger partial charge in [0.1, 0.15) is 0 Å². The lowest BCUT2D eigenvalue weighted by Crippen LogP contribution is -2.41. The molecule has 1 aliphatic rings. The topological polar surface area (TPSA) is 70.6 Å². The van der Waals surface area contributed by atoms with Gasteiger partial charge < -0.3 is 10.6 Å². The first-order valence-corrected chi connectivity index (χ1v) is 11.9. The number of aliphatic imine (C=N–C) groups is 1. The first kappa shape index (κ1) is 25.2. The van der Waals surface area contributed by atoms with E-state index in [0.29, 0.717) is 16.2 Å². The molecule has 0 bridgehead atoms. The van der Waals surface area contributed by atoms with Crippen LogP contribution in [0, 0.1) is 11.3 Å². The molecule has 0 radical (unpaired) electrons. The molecule has 7 heteroatoms. The second kappa shape index (κ2) is 11.4. The predicted molar refractivity (Wildman–Crippen MR) is 128 cm³/mol. The van der Waals surface area contributed by atoms with E-state index in [1.54, 1.807) is 12.1 Å². The fraction of sp³-hybridized carbons (Fsp3) is 0.667. The lowest BCUT2D eigenvalue weighted by molar-refractivity contribution is 0.111. The maximum absolute atomic E-state index is 11.5. The quantitative estimate of drug-likeness (QED) is 0.293. The molecule has 0 aromatic heterocycles. The summed E-state index contributed by atoms with van der Waals surface area (Å²) in [5.41, 5.74) is 1.51. The largest absolute Gasteiger partial charge is 0.357 e. The van der Waals surface area contributed by atoms with Crippen LogP contribution in [0.5, 0.6) is 0 Å². The number of nitrogens with one attached hydrogen (secondary N) is 2. The van der Waals surface area contributed by atoms with Gasteiger partial charge in [-0.1, -0.05) is 32.4 Å². The maximum Gasteiger partial charge on any atom is 0.191 e. The maximum atomic E-state index is 11.5. The van der Waals surface area contributed by atoms with Gasteiger partial charge in [0.05, 0.1) is 4.90 Å². The van der Waals surface area contributed by atoms with Gasteiger partial charge in [-0.05, 0) is 61.6 Å². The summed E-state index contributed by atoms with van der Waals surface area (Å²) in [5.74, 6) is 1.59. The van der Waals surface area contributed by atoms with E-state index in [1.807, 2.05) is 12.1 Å². The summed E-state index contributed by atoms with van der Waals surface area (Å²) < 4.78 is 23.1. The lowest BCUT2D eigenvalue weighted by atomic mass is 9.64. The van der Waals surface area contributed by atoms with Crippen molar-refractivity contribution < 1.29 is 8.42 Å². The fourth-order valence-electron chi connectivity index (χ4n) is 3.79. The molecular weight excluding hydrogens is 485 g/mol. The van der Waals surface area contributed by atoms with E-state index in [1.165, 1.54) is 31.9 Å². The number of hydrogen-bond donors (Lipinski definition) is 2. The summed E-state index contributed by atoms with van der Waals surface area (Å²) in [6, 6.07) is 7.12. The Hall–Kier alpha value is -0.830. The Kier molecular flexibility index (Phi) is 10.2. The molecule has 1 saturated carbocycles. The minimum atomic E-state index is -3.13. The van der Waals surface area contributed by atoms with Gasteiger partial charge in [0.25, 0.3) is 0 Å². The molecule has 1 aromatic rings. The summed E-state index contributed by atoms with van der Waals surface area (Å²) in [7, 11) is -3.13. The highest BCUT2D eigenvalue weighted by Gasteiger charge is 2.37. The predicted octanol–water partition coefficient (Wildman–Crippen LogP) is 4.02. The summed E-state index contributed by atoms with van der Waals surface area (Å²) in [4.78, 5) is 5.22. The molecule has 0 aliphatic heterocycles. The molecular formula is C21H36IN3O2S. The van der Waals surface area contributed by atoms with Crippen LogP contribution in [0.2, 0.25) is 0 Å². The molecule has 5 nitrogen and oxygen atoms in total. The summed E-state index contributed by atoms with van der Waals surface area (Å²) in [6.07, 6.45) is 7.22. The van der Waals surface area contributed by atoms with E-state index in [9.17, 15) is 8.42 Å². The van der Waals surface area contributed by atoms with Crippen LogP contribution in [0.3, 0.4) is 0 Å². The molecule has 160 valence electrons. The highest BCUT2D eigenvalue weighted by molar-refractivity contribution is 14.0. The van der Waals surface area contributed by atoms with Gasteiger partial charge in [-0.3, -0.25) is 4.99 Å². The third kappa shape index (κ3) is 7.89. The number of guanidine groups is 1. The van der Waals surface area contributed by atoms with Crippen LogP contribution in [0.25, 0.3) is 0 Å². The van der Waals surface area contributed by atoms with E-state index in [0.717, 1.165) is 37.6 Å². The van der Waals surface area contributed by atoms with E-state index in [-0.39, 0.29) is 24.0 Å². The van der Waals surface area contributed by atoms with Gasteiger partial charge in [0.15, 0.2) is 15.8 Å². The number of rotatable bonds is 9. The van der Waals surface area contributed by atoms with Crippen LogP contribution in [0.15, 0.2) is 34.2 Å². The van der Waals surface area contributed by atoms with Crippen molar-refractivity contribution in [2.45, 2.75) is 57.8 Å². The number of sulfone groups is 1. The van der Waals surface area contributed by atoms with Gasteiger partial charge in [0.2, 0.25) is 0 Å². The molecule has 0 saturated heterocycles. The smallest absolute Gasteiger partial charge is 0.191 e. The van der Waals surface area contributed by atoms with Crippen molar-refractivity contribution in [3.8, 4) is 0 Å². The van der Waals surface area contributed by atoms with Gasteiger partial charge >= 0.3 is 0 Å². The molecule has 0 amide bonds. The van der Waals surface area contributed by atoms with Gasteiger partial charge in [-0.2, -0.15) is 0 Å². The Morgan fingerprint density at radius 2 is 1.82 bits per heavy atom. The minimum Gasteiger partial charge on any atom is -0.357 e. The van der Waals surface area contributed by atoms with Crippen LogP contribution in [-0.2, 0) is 16.3 Å². The zero-order chi connectivity index (χ0) is 19.9. The lowest BCUT2D eigenvalue weighted by Gasteiger charge is -2.42. The molecule has 0 heterocycles. The third-order valence-corrected chi connectivity index (χ3v) is 6.36. The number of benzene rings is 1. The molecule has 2 N–H and O–H groups in total. The SMILES string of the molecule is CCNC(=NCC1(CC(C)C)CCC1)NCCc1ccc(S(C)(=O)=O)cc1.I. The molecule has 1 aliphatic carbocycles. The molecule has 1 aromatic carbocycles. The summed E-state index contributed by atoms with van der Waals surface area (Å²) >= 11 is 0. The van der Waals surface area contributed by atoms with Gasteiger partial charge in [-0.25, -0.2) is 8.42 Å². The average molecular weight is 522 g/mol. The molecule has 2 rings (SSSR count). The van der Waals surface area contributed by atoms with E-state index >= 15 is 0 Å². The van der Waals surface area contributed by atoms with Crippen LogP contribution in [0.4, 0.5) is 0 Å². The molecule has 0 atom stereocenters. The normalized spacial score (nSPS) is 16.2. The van der Waals surface area contributed by atoms with Crippen molar-refractivity contribution in [2.75, 3.05) is 25.9 Å².